The normalized spacial score (nSPS) is 21.4. The van der Waals surface area contributed by atoms with Crippen molar-refractivity contribution >= 4 is 23.2 Å². The van der Waals surface area contributed by atoms with Gasteiger partial charge < -0.3 is 24.0 Å². The minimum absolute atomic E-state index is 0.00583. The van der Waals surface area contributed by atoms with Crippen LogP contribution in [0.5, 0.6) is 11.5 Å². The smallest absolute Gasteiger partial charge is 0.260 e. The molecule has 0 aliphatic carbocycles. The number of ether oxygens (including phenoxy) is 3. The Morgan fingerprint density at radius 3 is 2.42 bits per heavy atom. The van der Waals surface area contributed by atoms with E-state index < -0.39 is 0 Å². The van der Waals surface area contributed by atoms with Crippen molar-refractivity contribution in [3.8, 4) is 11.5 Å². The fraction of sp³-hybridized carbons (Fsp3) is 0.424. The molecule has 0 N–H and O–H groups in total. The van der Waals surface area contributed by atoms with Crippen LogP contribution in [0.1, 0.15) is 43.4 Å². The highest BCUT2D eigenvalue weighted by molar-refractivity contribution is 6.30. The van der Waals surface area contributed by atoms with Crippen LogP contribution in [-0.4, -0.2) is 57.3 Å². The van der Waals surface area contributed by atoms with Gasteiger partial charge in [-0.05, 0) is 65.8 Å². The molecule has 3 aromatic rings. The highest BCUT2D eigenvalue weighted by Gasteiger charge is 2.35. The molecule has 3 aromatic carbocycles. The van der Waals surface area contributed by atoms with Crippen molar-refractivity contribution in [2.24, 2.45) is 11.8 Å². The average molecular weight is 563 g/mol. The standard InChI is InChI=1S/C33H39ClN2O4/c1-23(2)29-20-26(25-7-6-8-27(34)19-25)21-40-33(29)24-11-13-28(14-12-24)39-22-32(37)36-17-15-35(16-18-36)30-9-4-5-10-31(30)38-3/h4-14,19,23,26,29,33H,15-18,20-22H2,1-3H3/t26-,29-,33-/m0/s1. The molecule has 212 valence electrons. The maximum Gasteiger partial charge on any atom is 0.260 e. The van der Waals surface area contributed by atoms with Crippen molar-refractivity contribution in [3.05, 3.63) is 88.9 Å². The molecule has 0 radical (unpaired) electrons. The second kappa shape index (κ2) is 13.0. The molecule has 0 aromatic heterocycles. The number of benzene rings is 3. The van der Waals surface area contributed by atoms with Crippen LogP contribution >= 0.6 is 11.6 Å². The van der Waals surface area contributed by atoms with Crippen LogP contribution in [0.3, 0.4) is 0 Å². The largest absolute Gasteiger partial charge is 0.495 e. The van der Waals surface area contributed by atoms with Crippen LogP contribution in [0, 0.1) is 11.8 Å². The first-order valence-corrected chi connectivity index (χ1v) is 14.6. The first-order chi connectivity index (χ1) is 19.4. The van der Waals surface area contributed by atoms with Gasteiger partial charge in [0, 0.05) is 37.1 Å². The Morgan fingerprint density at radius 2 is 1.73 bits per heavy atom. The van der Waals surface area contributed by atoms with E-state index in [1.807, 2.05) is 47.4 Å². The van der Waals surface area contributed by atoms with Crippen molar-refractivity contribution in [1.82, 2.24) is 4.90 Å². The molecule has 2 aliphatic rings. The van der Waals surface area contributed by atoms with Crippen molar-refractivity contribution < 1.29 is 19.0 Å². The molecule has 1 amide bonds. The Labute approximate surface area is 242 Å². The number of halogens is 1. The lowest BCUT2D eigenvalue weighted by molar-refractivity contribution is -0.133. The first-order valence-electron chi connectivity index (χ1n) is 14.2. The number of piperazine rings is 1. The molecular weight excluding hydrogens is 524 g/mol. The predicted octanol–water partition coefficient (Wildman–Crippen LogP) is 6.59. The van der Waals surface area contributed by atoms with E-state index in [-0.39, 0.29) is 18.6 Å². The molecule has 6 nitrogen and oxygen atoms in total. The summed E-state index contributed by atoms with van der Waals surface area (Å²) < 4.78 is 17.9. The van der Waals surface area contributed by atoms with Gasteiger partial charge in [-0.25, -0.2) is 0 Å². The van der Waals surface area contributed by atoms with E-state index in [1.165, 1.54) is 5.56 Å². The molecule has 2 heterocycles. The molecule has 2 aliphatic heterocycles. The van der Waals surface area contributed by atoms with Crippen LogP contribution in [-0.2, 0) is 9.53 Å². The summed E-state index contributed by atoms with van der Waals surface area (Å²) in [6, 6.07) is 24.2. The fourth-order valence-electron chi connectivity index (χ4n) is 5.90. The Bertz CT molecular complexity index is 1270. The molecule has 5 rings (SSSR count). The van der Waals surface area contributed by atoms with Crippen LogP contribution in [0.2, 0.25) is 5.02 Å². The summed E-state index contributed by atoms with van der Waals surface area (Å²) in [5.74, 6) is 2.76. The van der Waals surface area contributed by atoms with Gasteiger partial charge in [0.2, 0.25) is 0 Å². The number of rotatable bonds is 8. The minimum atomic E-state index is 0.00583. The third-order valence-electron chi connectivity index (χ3n) is 8.23. The summed E-state index contributed by atoms with van der Waals surface area (Å²) in [4.78, 5) is 17.0. The van der Waals surface area contributed by atoms with Gasteiger partial charge in [-0.1, -0.05) is 61.8 Å². The molecule has 0 unspecified atom stereocenters. The van der Waals surface area contributed by atoms with E-state index in [0.717, 1.165) is 41.5 Å². The molecular formula is C33H39ClN2O4. The molecule has 0 saturated carbocycles. The van der Waals surface area contributed by atoms with Gasteiger partial charge in [0.15, 0.2) is 6.61 Å². The lowest BCUT2D eigenvalue weighted by atomic mass is 9.76. The number of hydrogen-bond acceptors (Lipinski definition) is 5. The summed E-state index contributed by atoms with van der Waals surface area (Å²) in [7, 11) is 1.69. The van der Waals surface area contributed by atoms with E-state index in [0.29, 0.717) is 43.2 Å². The van der Waals surface area contributed by atoms with Gasteiger partial charge >= 0.3 is 0 Å². The maximum atomic E-state index is 12.9. The summed E-state index contributed by atoms with van der Waals surface area (Å²) in [5.41, 5.74) is 3.45. The predicted molar refractivity (Wildman–Crippen MR) is 160 cm³/mol. The third-order valence-corrected chi connectivity index (χ3v) is 8.46. The number of carbonyl (C=O) groups excluding carboxylic acids is 1. The molecule has 2 saturated heterocycles. The van der Waals surface area contributed by atoms with Crippen molar-refractivity contribution in [2.75, 3.05) is 51.4 Å². The Morgan fingerprint density at radius 1 is 0.975 bits per heavy atom. The quantitative estimate of drug-likeness (QED) is 0.310. The molecule has 2 fully saturated rings. The lowest BCUT2D eigenvalue weighted by Crippen LogP contribution is -2.50. The number of carbonyl (C=O) groups is 1. The SMILES string of the molecule is COc1ccccc1N1CCN(C(=O)COc2ccc([C@@H]3OC[C@@H](c4cccc(Cl)c4)C[C@H]3C(C)C)cc2)CC1. The van der Waals surface area contributed by atoms with E-state index >= 15 is 0 Å². The van der Waals surface area contributed by atoms with Crippen molar-refractivity contribution in [3.63, 3.8) is 0 Å². The molecule has 3 atom stereocenters. The Hall–Kier alpha value is -3.22. The zero-order chi connectivity index (χ0) is 28.1. The summed E-state index contributed by atoms with van der Waals surface area (Å²) in [6.07, 6.45) is 1.09. The second-order valence-electron chi connectivity index (χ2n) is 11.0. The number of nitrogens with zero attached hydrogens (tertiary/aromatic N) is 2. The highest BCUT2D eigenvalue weighted by atomic mass is 35.5. The summed E-state index contributed by atoms with van der Waals surface area (Å²) in [5, 5.41) is 0.768. The van der Waals surface area contributed by atoms with Gasteiger partial charge in [-0.3, -0.25) is 4.79 Å². The molecule has 0 bridgehead atoms. The second-order valence-corrected chi connectivity index (χ2v) is 11.5. The number of para-hydroxylation sites is 2. The minimum Gasteiger partial charge on any atom is -0.495 e. The molecule has 40 heavy (non-hydrogen) atoms. The van der Waals surface area contributed by atoms with Gasteiger partial charge in [0.1, 0.15) is 11.5 Å². The fourth-order valence-corrected chi connectivity index (χ4v) is 6.10. The number of anilines is 1. The number of amides is 1. The lowest BCUT2D eigenvalue weighted by Gasteiger charge is -2.39. The first kappa shape index (κ1) is 28.3. The van der Waals surface area contributed by atoms with Crippen molar-refractivity contribution in [1.29, 1.82) is 0 Å². The van der Waals surface area contributed by atoms with E-state index in [1.54, 1.807) is 7.11 Å². The molecule has 7 heteroatoms. The van der Waals surface area contributed by atoms with Crippen LogP contribution in [0.4, 0.5) is 5.69 Å². The zero-order valence-corrected chi connectivity index (χ0v) is 24.3. The van der Waals surface area contributed by atoms with E-state index in [2.05, 4.69) is 49.1 Å². The van der Waals surface area contributed by atoms with E-state index in [9.17, 15) is 4.79 Å². The van der Waals surface area contributed by atoms with Crippen molar-refractivity contribution in [2.45, 2.75) is 32.3 Å². The van der Waals surface area contributed by atoms with Crippen LogP contribution < -0.4 is 14.4 Å². The van der Waals surface area contributed by atoms with Crippen LogP contribution in [0.15, 0.2) is 72.8 Å². The van der Waals surface area contributed by atoms with Gasteiger partial charge in [-0.2, -0.15) is 0 Å². The van der Waals surface area contributed by atoms with Gasteiger partial charge in [-0.15, -0.1) is 0 Å². The monoisotopic (exact) mass is 562 g/mol. The Balaban J connectivity index is 1.13. The Kier molecular flexibility index (Phi) is 9.18. The van der Waals surface area contributed by atoms with Crippen LogP contribution in [0.25, 0.3) is 0 Å². The maximum absolute atomic E-state index is 12.9. The number of methoxy groups -OCH3 is 1. The summed E-state index contributed by atoms with van der Waals surface area (Å²) in [6.45, 7) is 8.07. The highest BCUT2D eigenvalue weighted by Crippen LogP contribution is 2.44. The number of hydrogen-bond donors (Lipinski definition) is 0. The summed E-state index contributed by atoms with van der Waals surface area (Å²) >= 11 is 6.25. The zero-order valence-electron chi connectivity index (χ0n) is 23.6. The van der Waals surface area contributed by atoms with E-state index in [4.69, 9.17) is 25.8 Å². The average Bonchev–Trinajstić information content (AvgIpc) is 3.00. The third kappa shape index (κ3) is 6.56. The van der Waals surface area contributed by atoms with Gasteiger partial charge in [0.25, 0.3) is 5.91 Å². The van der Waals surface area contributed by atoms with Gasteiger partial charge in [0.05, 0.1) is 25.5 Å². The molecule has 0 spiro atoms. The topological polar surface area (TPSA) is 51.2 Å².